The van der Waals surface area contributed by atoms with Crippen molar-refractivity contribution in [3.63, 3.8) is 0 Å². The second kappa shape index (κ2) is 9.16. The highest BCUT2D eigenvalue weighted by Gasteiger charge is 2.29. The van der Waals surface area contributed by atoms with E-state index in [9.17, 15) is 19.8 Å². The van der Waals surface area contributed by atoms with Crippen molar-refractivity contribution in [3.05, 3.63) is 29.8 Å². The highest BCUT2D eigenvalue weighted by Crippen LogP contribution is 2.25. The summed E-state index contributed by atoms with van der Waals surface area (Å²) in [5.74, 6) is -0.145. The molecule has 0 aliphatic carbocycles. The van der Waals surface area contributed by atoms with Gasteiger partial charge in [0.2, 0.25) is 5.91 Å². The molecular weight excluding hydrogens is 348 g/mol. The van der Waals surface area contributed by atoms with Crippen LogP contribution < -0.4 is 20.9 Å². The summed E-state index contributed by atoms with van der Waals surface area (Å²) in [6.45, 7) is 3.58. The number of rotatable bonds is 7. The Bertz CT molecular complexity index is 661. The third-order valence-corrected chi connectivity index (χ3v) is 4.72. The van der Waals surface area contributed by atoms with Crippen LogP contribution in [0.1, 0.15) is 25.8 Å². The van der Waals surface area contributed by atoms with Crippen LogP contribution in [-0.4, -0.2) is 66.6 Å². The molecule has 0 saturated heterocycles. The number of fused-ring (bicyclic) bond motifs is 1. The van der Waals surface area contributed by atoms with E-state index in [1.165, 1.54) is 0 Å². The second-order valence-corrected chi connectivity index (χ2v) is 7.53. The molecule has 0 unspecified atom stereocenters. The molecule has 1 heterocycles. The third-order valence-electron chi connectivity index (χ3n) is 4.72. The number of likely N-dealkylation sites (N-methyl/N-ethyl adjacent to an activating group) is 1. The zero-order chi connectivity index (χ0) is 20.0. The van der Waals surface area contributed by atoms with Gasteiger partial charge in [-0.1, -0.05) is 18.2 Å². The first kappa shape index (κ1) is 21.1. The molecule has 8 nitrogen and oxygen atoms in total. The lowest BCUT2D eigenvalue weighted by atomic mass is 10.0. The molecule has 150 valence electrons. The average molecular weight is 378 g/mol. The average Bonchev–Trinajstić information content (AvgIpc) is 2.77. The number of amides is 3. The molecule has 1 aliphatic heterocycles. The van der Waals surface area contributed by atoms with Crippen LogP contribution in [0.25, 0.3) is 0 Å². The lowest BCUT2D eigenvalue weighted by Gasteiger charge is -2.31. The molecular formula is C19H30N4O4. The maximum atomic E-state index is 12.7. The highest BCUT2D eigenvalue weighted by molar-refractivity contribution is 5.99. The fourth-order valence-corrected chi connectivity index (χ4v) is 3.22. The summed E-state index contributed by atoms with van der Waals surface area (Å²) < 4.78 is 0. The van der Waals surface area contributed by atoms with Gasteiger partial charge in [-0.3, -0.25) is 4.79 Å². The molecule has 1 aromatic carbocycles. The van der Waals surface area contributed by atoms with E-state index >= 15 is 0 Å². The Balaban J connectivity index is 1.91. The molecule has 5 N–H and O–H groups in total. The van der Waals surface area contributed by atoms with Crippen molar-refractivity contribution in [2.24, 2.45) is 0 Å². The fraction of sp³-hybridized carbons (Fsp3) is 0.579. The van der Waals surface area contributed by atoms with Gasteiger partial charge in [0.15, 0.2) is 0 Å². The number of hydrogen-bond donors (Lipinski definition) is 5. The van der Waals surface area contributed by atoms with Crippen LogP contribution in [0.2, 0.25) is 0 Å². The van der Waals surface area contributed by atoms with Crippen LogP contribution >= 0.6 is 0 Å². The van der Waals surface area contributed by atoms with Gasteiger partial charge in [0, 0.05) is 24.8 Å². The summed E-state index contributed by atoms with van der Waals surface area (Å²) in [5, 5.41) is 26.9. The largest absolute Gasteiger partial charge is 0.395 e. The Kier molecular flexibility index (Phi) is 7.18. The summed E-state index contributed by atoms with van der Waals surface area (Å²) in [6, 6.07) is 6.26. The zero-order valence-electron chi connectivity index (χ0n) is 16.2. The first-order valence-corrected chi connectivity index (χ1v) is 9.16. The Morgan fingerprint density at radius 3 is 2.63 bits per heavy atom. The molecule has 3 amide bonds. The summed E-state index contributed by atoms with van der Waals surface area (Å²) >= 11 is 0. The molecule has 1 aromatic rings. The van der Waals surface area contributed by atoms with Crippen LogP contribution in [0.5, 0.6) is 0 Å². The summed E-state index contributed by atoms with van der Waals surface area (Å²) in [7, 11) is 1.72. The number of carbonyl (C=O) groups is 2. The van der Waals surface area contributed by atoms with Gasteiger partial charge in [-0.15, -0.1) is 0 Å². The minimum atomic E-state index is -0.596. The first-order chi connectivity index (χ1) is 12.8. The van der Waals surface area contributed by atoms with Crippen molar-refractivity contribution in [1.29, 1.82) is 0 Å². The Morgan fingerprint density at radius 2 is 1.96 bits per heavy atom. The summed E-state index contributed by atoms with van der Waals surface area (Å²) in [5.41, 5.74) is 1.42. The van der Waals surface area contributed by atoms with Gasteiger partial charge in [0.25, 0.3) is 0 Å². The van der Waals surface area contributed by atoms with Gasteiger partial charge >= 0.3 is 6.03 Å². The maximum Gasteiger partial charge on any atom is 0.315 e. The minimum Gasteiger partial charge on any atom is -0.395 e. The van der Waals surface area contributed by atoms with Gasteiger partial charge in [-0.2, -0.15) is 0 Å². The van der Waals surface area contributed by atoms with E-state index in [0.29, 0.717) is 12.8 Å². The predicted octanol–water partition coefficient (Wildman–Crippen LogP) is -0.0152. The monoisotopic (exact) mass is 378 g/mol. The quantitative estimate of drug-likeness (QED) is 0.458. The van der Waals surface area contributed by atoms with Gasteiger partial charge in [-0.05, 0) is 38.3 Å². The SMILES string of the molecule is CN1C(=O)[C@H](NC(=O)NCC(C)(C)NC(CO)CO)CCc2ccccc21. The predicted molar refractivity (Wildman–Crippen MR) is 104 cm³/mol. The number of para-hydroxylation sites is 1. The maximum absolute atomic E-state index is 12.7. The van der Waals surface area contributed by atoms with Crippen LogP contribution in [0, 0.1) is 0 Å². The molecule has 8 heteroatoms. The van der Waals surface area contributed by atoms with E-state index in [1.54, 1.807) is 11.9 Å². The smallest absolute Gasteiger partial charge is 0.315 e. The number of aliphatic hydroxyl groups is 2. The van der Waals surface area contributed by atoms with Crippen LogP contribution in [0.3, 0.4) is 0 Å². The minimum absolute atomic E-state index is 0.145. The Hall–Kier alpha value is -2.16. The molecule has 0 spiro atoms. The van der Waals surface area contributed by atoms with E-state index in [0.717, 1.165) is 11.3 Å². The lowest BCUT2D eigenvalue weighted by Crippen LogP contribution is -2.57. The number of urea groups is 1. The number of benzene rings is 1. The van der Waals surface area contributed by atoms with Crippen molar-refractivity contribution in [3.8, 4) is 0 Å². The van der Waals surface area contributed by atoms with Crippen LogP contribution in [0.15, 0.2) is 24.3 Å². The number of nitrogens with zero attached hydrogens (tertiary/aromatic N) is 1. The van der Waals surface area contributed by atoms with E-state index in [1.807, 2.05) is 38.1 Å². The molecule has 0 saturated carbocycles. The Morgan fingerprint density at radius 1 is 1.30 bits per heavy atom. The van der Waals surface area contributed by atoms with Crippen LogP contribution in [0.4, 0.5) is 10.5 Å². The van der Waals surface area contributed by atoms with Gasteiger partial charge in [-0.25, -0.2) is 4.79 Å². The van der Waals surface area contributed by atoms with E-state index in [-0.39, 0.29) is 25.7 Å². The van der Waals surface area contributed by atoms with Crippen molar-refractivity contribution in [2.45, 2.75) is 44.3 Å². The zero-order valence-corrected chi connectivity index (χ0v) is 16.2. The normalized spacial score (nSPS) is 17.5. The van der Waals surface area contributed by atoms with Gasteiger partial charge in [0.1, 0.15) is 6.04 Å². The van der Waals surface area contributed by atoms with E-state index in [4.69, 9.17) is 0 Å². The molecule has 0 bridgehead atoms. The van der Waals surface area contributed by atoms with Crippen molar-refractivity contribution in [1.82, 2.24) is 16.0 Å². The van der Waals surface area contributed by atoms with Crippen molar-refractivity contribution >= 4 is 17.6 Å². The molecule has 27 heavy (non-hydrogen) atoms. The molecule has 0 aromatic heterocycles. The van der Waals surface area contributed by atoms with Gasteiger partial charge in [0.05, 0.1) is 19.3 Å². The third kappa shape index (κ3) is 5.66. The fourth-order valence-electron chi connectivity index (χ4n) is 3.22. The number of nitrogens with one attached hydrogen (secondary N) is 3. The molecule has 1 aliphatic rings. The molecule has 0 radical (unpaired) electrons. The highest BCUT2D eigenvalue weighted by atomic mass is 16.3. The molecule has 2 rings (SSSR count). The number of hydrogen-bond acceptors (Lipinski definition) is 5. The van der Waals surface area contributed by atoms with E-state index < -0.39 is 23.7 Å². The standard InChI is InChI=1S/C19H30N4O4/c1-19(2,22-14(10-24)11-25)12-20-18(27)21-15-9-8-13-6-4-5-7-16(13)23(3)17(15)26/h4-7,14-15,22,24-25H,8-12H2,1-3H3,(H2,20,21,27)/t15-/m1/s1. The van der Waals surface area contributed by atoms with Crippen molar-refractivity contribution < 1.29 is 19.8 Å². The molecule has 1 atom stereocenters. The summed E-state index contributed by atoms with van der Waals surface area (Å²) in [6.07, 6.45) is 1.24. The Labute approximate surface area is 159 Å². The number of aryl methyl sites for hydroxylation is 1. The summed E-state index contributed by atoms with van der Waals surface area (Å²) in [4.78, 5) is 26.6. The number of carbonyl (C=O) groups excluding carboxylic acids is 2. The second-order valence-electron chi connectivity index (χ2n) is 7.53. The lowest BCUT2D eigenvalue weighted by molar-refractivity contribution is -0.120. The topological polar surface area (TPSA) is 114 Å². The van der Waals surface area contributed by atoms with Crippen LogP contribution in [-0.2, 0) is 11.2 Å². The number of aliphatic hydroxyl groups excluding tert-OH is 2. The number of anilines is 1. The first-order valence-electron chi connectivity index (χ1n) is 9.16. The van der Waals surface area contributed by atoms with Crippen molar-refractivity contribution in [2.75, 3.05) is 31.7 Å². The molecule has 0 fully saturated rings. The van der Waals surface area contributed by atoms with E-state index in [2.05, 4.69) is 16.0 Å². The van der Waals surface area contributed by atoms with Gasteiger partial charge < -0.3 is 31.1 Å².